The minimum atomic E-state index is -4.47. The number of hydrogen-bond donors (Lipinski definition) is 1. The molecular weight excluding hydrogens is 403 g/mol. The summed E-state index contributed by atoms with van der Waals surface area (Å²) in [7, 11) is 0. The molecular formula is C20H18F3N3O2S. The Bertz CT molecular complexity index is 1020. The van der Waals surface area contributed by atoms with Crippen molar-refractivity contribution < 1.29 is 22.4 Å². The number of benzene rings is 2. The summed E-state index contributed by atoms with van der Waals surface area (Å²) in [5.74, 6) is -0.112. The van der Waals surface area contributed by atoms with Gasteiger partial charge in [0.05, 0.1) is 17.7 Å². The summed E-state index contributed by atoms with van der Waals surface area (Å²) in [6.45, 7) is 4.06. The highest BCUT2D eigenvalue weighted by atomic mass is 32.2. The third kappa shape index (κ3) is 5.83. The number of carbonyl (C=O) groups excluding carboxylic acids is 1. The maximum absolute atomic E-state index is 12.7. The van der Waals surface area contributed by atoms with E-state index in [2.05, 4.69) is 21.6 Å². The predicted octanol–water partition coefficient (Wildman–Crippen LogP) is 5.03. The van der Waals surface area contributed by atoms with Crippen LogP contribution in [0.2, 0.25) is 0 Å². The second-order valence-electron chi connectivity index (χ2n) is 6.47. The third-order valence-electron chi connectivity index (χ3n) is 4.18. The molecule has 9 heteroatoms. The first-order valence-electron chi connectivity index (χ1n) is 8.69. The largest absolute Gasteiger partial charge is 0.416 e. The minimum Gasteiger partial charge on any atom is -0.416 e. The van der Waals surface area contributed by atoms with Crippen LogP contribution in [0.1, 0.15) is 28.1 Å². The molecule has 0 saturated heterocycles. The van der Waals surface area contributed by atoms with Crippen LogP contribution in [0.3, 0.4) is 0 Å². The average molecular weight is 421 g/mol. The molecule has 1 N–H and O–H groups in total. The number of alkyl halides is 3. The fourth-order valence-electron chi connectivity index (χ4n) is 2.55. The standard InChI is InChI=1S/C20H18F3N3O2S/c1-12-6-7-14(8-13(12)2)9-18-25-26-19(28-18)29-11-17(27)24-16-5-3-4-15(10-16)20(21,22)23/h3-8,10H,9,11H2,1-2H3,(H,24,27). The number of amides is 1. The Balaban J connectivity index is 1.54. The van der Waals surface area contributed by atoms with Gasteiger partial charge < -0.3 is 9.73 Å². The van der Waals surface area contributed by atoms with Crippen molar-refractivity contribution >= 4 is 23.4 Å². The van der Waals surface area contributed by atoms with Gasteiger partial charge in [-0.1, -0.05) is 36.0 Å². The lowest BCUT2D eigenvalue weighted by atomic mass is 10.0. The van der Waals surface area contributed by atoms with Gasteiger partial charge in [-0.05, 0) is 48.7 Å². The Morgan fingerprint density at radius 3 is 2.62 bits per heavy atom. The molecule has 0 radical (unpaired) electrons. The fraction of sp³-hybridized carbons (Fsp3) is 0.250. The Morgan fingerprint density at radius 2 is 1.90 bits per heavy atom. The number of halogens is 3. The topological polar surface area (TPSA) is 68.0 Å². The summed E-state index contributed by atoms with van der Waals surface area (Å²) in [5.41, 5.74) is 2.66. The maximum atomic E-state index is 12.7. The summed E-state index contributed by atoms with van der Waals surface area (Å²) >= 11 is 1.02. The van der Waals surface area contributed by atoms with Crippen molar-refractivity contribution in [2.45, 2.75) is 31.7 Å². The van der Waals surface area contributed by atoms with Gasteiger partial charge in [0.2, 0.25) is 11.8 Å². The van der Waals surface area contributed by atoms with Crippen LogP contribution in [0.4, 0.5) is 18.9 Å². The van der Waals surface area contributed by atoms with Crippen LogP contribution >= 0.6 is 11.8 Å². The molecule has 2 aromatic carbocycles. The second kappa shape index (κ2) is 8.69. The van der Waals surface area contributed by atoms with Gasteiger partial charge in [0.25, 0.3) is 5.22 Å². The smallest absolute Gasteiger partial charge is 0.416 e. The fourth-order valence-corrected chi connectivity index (χ4v) is 3.13. The summed E-state index contributed by atoms with van der Waals surface area (Å²) in [4.78, 5) is 12.0. The molecule has 0 saturated carbocycles. The van der Waals surface area contributed by atoms with Gasteiger partial charge >= 0.3 is 6.18 Å². The highest BCUT2D eigenvalue weighted by Gasteiger charge is 2.30. The van der Waals surface area contributed by atoms with E-state index in [9.17, 15) is 18.0 Å². The zero-order valence-electron chi connectivity index (χ0n) is 15.7. The van der Waals surface area contributed by atoms with Crippen LogP contribution in [-0.4, -0.2) is 21.9 Å². The molecule has 0 unspecified atom stereocenters. The summed E-state index contributed by atoms with van der Waals surface area (Å²) in [6.07, 6.45) is -3.99. The Morgan fingerprint density at radius 1 is 1.10 bits per heavy atom. The lowest BCUT2D eigenvalue weighted by Gasteiger charge is -2.09. The number of nitrogens with zero attached hydrogens (tertiary/aromatic N) is 2. The molecule has 0 aliphatic carbocycles. The SMILES string of the molecule is Cc1ccc(Cc2nnc(SCC(=O)Nc3cccc(C(F)(F)F)c3)o2)cc1C. The van der Waals surface area contributed by atoms with E-state index in [-0.39, 0.29) is 16.7 Å². The molecule has 5 nitrogen and oxygen atoms in total. The van der Waals surface area contributed by atoms with E-state index in [0.717, 1.165) is 29.5 Å². The van der Waals surface area contributed by atoms with Crippen LogP contribution in [-0.2, 0) is 17.4 Å². The lowest BCUT2D eigenvalue weighted by molar-refractivity contribution is -0.137. The van der Waals surface area contributed by atoms with Crippen LogP contribution in [0, 0.1) is 13.8 Å². The van der Waals surface area contributed by atoms with Crippen molar-refractivity contribution in [1.82, 2.24) is 10.2 Å². The van der Waals surface area contributed by atoms with E-state index in [1.54, 1.807) is 0 Å². The van der Waals surface area contributed by atoms with Crippen LogP contribution in [0.25, 0.3) is 0 Å². The van der Waals surface area contributed by atoms with E-state index in [1.807, 2.05) is 26.0 Å². The van der Waals surface area contributed by atoms with Gasteiger partial charge in [0, 0.05) is 5.69 Å². The van der Waals surface area contributed by atoms with Crippen LogP contribution < -0.4 is 5.32 Å². The minimum absolute atomic E-state index is 0.0679. The van der Waals surface area contributed by atoms with E-state index in [0.29, 0.717) is 12.3 Å². The zero-order valence-corrected chi connectivity index (χ0v) is 16.5. The van der Waals surface area contributed by atoms with Gasteiger partial charge in [0.1, 0.15) is 0 Å². The number of nitrogens with one attached hydrogen (secondary N) is 1. The molecule has 29 heavy (non-hydrogen) atoms. The molecule has 0 fully saturated rings. The van der Waals surface area contributed by atoms with Crippen LogP contribution in [0.15, 0.2) is 52.1 Å². The number of rotatable bonds is 6. The highest BCUT2D eigenvalue weighted by Crippen LogP contribution is 2.30. The Kier molecular flexibility index (Phi) is 6.26. The number of hydrogen-bond acceptors (Lipinski definition) is 5. The van der Waals surface area contributed by atoms with Gasteiger partial charge in [0.15, 0.2) is 0 Å². The van der Waals surface area contributed by atoms with Gasteiger partial charge in [-0.2, -0.15) is 13.2 Å². The van der Waals surface area contributed by atoms with Crippen molar-refractivity contribution in [1.29, 1.82) is 0 Å². The predicted molar refractivity (Wildman–Crippen MR) is 104 cm³/mol. The maximum Gasteiger partial charge on any atom is 0.416 e. The van der Waals surface area contributed by atoms with Gasteiger partial charge in [-0.25, -0.2) is 0 Å². The molecule has 0 spiro atoms. The lowest BCUT2D eigenvalue weighted by Crippen LogP contribution is -2.15. The van der Waals surface area contributed by atoms with Gasteiger partial charge in [-0.15, -0.1) is 10.2 Å². The zero-order chi connectivity index (χ0) is 21.0. The average Bonchev–Trinajstić information content (AvgIpc) is 3.10. The highest BCUT2D eigenvalue weighted by molar-refractivity contribution is 7.99. The van der Waals surface area contributed by atoms with E-state index in [1.165, 1.54) is 23.3 Å². The van der Waals surface area contributed by atoms with Crippen molar-refractivity contribution in [2.24, 2.45) is 0 Å². The summed E-state index contributed by atoms with van der Waals surface area (Å²) < 4.78 is 43.7. The number of aryl methyl sites for hydroxylation is 2. The first-order valence-corrected chi connectivity index (χ1v) is 9.67. The van der Waals surface area contributed by atoms with Gasteiger partial charge in [-0.3, -0.25) is 4.79 Å². The molecule has 152 valence electrons. The number of aromatic nitrogens is 2. The molecule has 3 rings (SSSR count). The first kappa shape index (κ1) is 20.9. The quantitative estimate of drug-likeness (QED) is 0.566. The number of thioether (sulfide) groups is 1. The monoisotopic (exact) mass is 421 g/mol. The van der Waals surface area contributed by atoms with E-state index in [4.69, 9.17) is 4.42 Å². The molecule has 0 aliphatic rings. The van der Waals surface area contributed by atoms with Crippen molar-refractivity contribution in [2.75, 3.05) is 11.1 Å². The first-order chi connectivity index (χ1) is 13.7. The van der Waals surface area contributed by atoms with Crippen molar-refractivity contribution in [3.05, 3.63) is 70.6 Å². The van der Waals surface area contributed by atoms with Crippen LogP contribution in [0.5, 0.6) is 0 Å². The van der Waals surface area contributed by atoms with Crippen molar-refractivity contribution in [3.8, 4) is 0 Å². The summed E-state index contributed by atoms with van der Waals surface area (Å²) in [5, 5.41) is 10.5. The molecule has 0 aliphatic heterocycles. The number of carbonyl (C=O) groups is 1. The van der Waals surface area contributed by atoms with E-state index >= 15 is 0 Å². The second-order valence-corrected chi connectivity index (χ2v) is 7.40. The molecule has 1 aromatic heterocycles. The molecule has 1 heterocycles. The Labute approximate surface area is 169 Å². The molecule has 3 aromatic rings. The normalized spacial score (nSPS) is 11.5. The summed E-state index contributed by atoms with van der Waals surface area (Å²) in [6, 6.07) is 10.5. The van der Waals surface area contributed by atoms with Crippen molar-refractivity contribution in [3.63, 3.8) is 0 Å². The number of anilines is 1. The Hall–Kier alpha value is -2.81. The van der Waals surface area contributed by atoms with E-state index < -0.39 is 17.6 Å². The molecule has 1 amide bonds. The third-order valence-corrected chi connectivity index (χ3v) is 4.99. The molecule has 0 bridgehead atoms. The molecule has 0 atom stereocenters.